The first-order valence-corrected chi connectivity index (χ1v) is 26.7. The van der Waals surface area contributed by atoms with Crippen LogP contribution >= 0.6 is 23.3 Å². The molecule has 2 aliphatic heterocycles. The highest BCUT2D eigenvalue weighted by Crippen LogP contribution is 2.54. The molecule has 0 saturated carbocycles. The van der Waals surface area contributed by atoms with Crippen molar-refractivity contribution in [3.8, 4) is 0 Å². The van der Waals surface area contributed by atoms with E-state index >= 15 is 0 Å². The van der Waals surface area contributed by atoms with Gasteiger partial charge < -0.3 is 29.3 Å². The maximum absolute atomic E-state index is 13.1. The van der Waals surface area contributed by atoms with Gasteiger partial charge in [0, 0.05) is 13.3 Å². The Labute approximate surface area is 379 Å². The van der Waals surface area contributed by atoms with Gasteiger partial charge in [0.15, 0.2) is 6.61 Å². The Kier molecular flexibility index (Phi) is 20.1. The predicted molar refractivity (Wildman–Crippen MR) is 248 cm³/mol. The minimum Gasteiger partial charge on any atom is -0.509 e. The van der Waals surface area contributed by atoms with Gasteiger partial charge in [-0.25, -0.2) is 0 Å². The van der Waals surface area contributed by atoms with E-state index in [9.17, 15) is 41.0 Å². The molecule has 62 heavy (non-hydrogen) atoms. The van der Waals surface area contributed by atoms with Gasteiger partial charge in [-0.15, -0.1) is 0 Å². The molecule has 0 radical (unpaired) electrons. The van der Waals surface area contributed by atoms with Crippen molar-refractivity contribution >= 4 is 69.9 Å². The third-order valence-corrected chi connectivity index (χ3v) is 13.4. The Bertz CT molecular complexity index is 2140. The molecule has 8 nitrogen and oxygen atoms in total. The third kappa shape index (κ3) is 15.1. The molecule has 0 saturated heterocycles. The fraction of sp³-hybridized carbons (Fsp3) is 0.581. The molecule has 2 aromatic rings. The molecule has 0 aromatic heterocycles. The number of carbonyl (C=O) groups is 2. The van der Waals surface area contributed by atoms with Crippen LogP contribution in [0.25, 0.3) is 11.1 Å². The molecule has 4 rings (SSSR count). The van der Waals surface area contributed by atoms with Gasteiger partial charge in [-0.2, -0.15) is 26.3 Å². The first-order valence-electron chi connectivity index (χ1n) is 19.5. The standard InChI is InChI=1S/C21H29F3NO3PS.C18H25NO2.C3H5ClF3OPS.CH4/c1-8-15-10-13(4)9-14(5)16(15)17-18(20(6,12(2)3)25-19(17)26)28-29(7,30)27-11-21(22,23)24;1-7-13-9-11(4)8-12(5)14(13)15-16(20)18(6,10(2)3)19-17(15)21;1-9(4,10)8-2-3(5,6)7;/h9-10,12H,8,11H2,1-7H3,(H,25,26);8-10,20H,7H2,1-6H3,(H,19,21);2H2,1H3;1H4. The van der Waals surface area contributed by atoms with Gasteiger partial charge in [-0.05, 0) is 111 Å². The van der Waals surface area contributed by atoms with Gasteiger partial charge >= 0.3 is 12.4 Å². The fourth-order valence-electron chi connectivity index (χ4n) is 6.82. The second-order valence-corrected chi connectivity index (χ2v) is 26.7. The van der Waals surface area contributed by atoms with E-state index in [2.05, 4.69) is 52.9 Å². The number of aliphatic hydroxyl groups excluding tert-OH is 1. The summed E-state index contributed by atoms with van der Waals surface area (Å²) in [5, 5.41) is 16.6. The highest BCUT2D eigenvalue weighted by Gasteiger charge is 2.49. The van der Waals surface area contributed by atoms with Crippen LogP contribution in [0.3, 0.4) is 0 Å². The first-order chi connectivity index (χ1) is 27.5. The van der Waals surface area contributed by atoms with Crippen molar-refractivity contribution in [3.63, 3.8) is 0 Å². The molecule has 0 aliphatic carbocycles. The minimum atomic E-state index is -4.52. The topological polar surface area (TPSA) is 106 Å². The molecule has 4 unspecified atom stereocenters. The number of aliphatic hydroxyl groups is 1. The molecule has 19 heteroatoms. The molecule has 3 N–H and O–H groups in total. The molecule has 0 fully saturated rings. The highest BCUT2D eigenvalue weighted by atomic mass is 35.7. The Hall–Kier alpha value is -2.45. The zero-order valence-corrected chi connectivity index (χ0v) is 41.3. The number of alkyl halides is 6. The lowest BCUT2D eigenvalue weighted by Crippen LogP contribution is -2.46. The summed E-state index contributed by atoms with van der Waals surface area (Å²) < 4.78 is 87.3. The Morgan fingerprint density at radius 1 is 0.726 bits per heavy atom. The van der Waals surface area contributed by atoms with Crippen LogP contribution in [0.4, 0.5) is 26.3 Å². The van der Waals surface area contributed by atoms with Crippen molar-refractivity contribution in [1.82, 2.24) is 10.6 Å². The summed E-state index contributed by atoms with van der Waals surface area (Å²) in [5.74, 6) is -0.0440. The van der Waals surface area contributed by atoms with E-state index in [0.717, 1.165) is 45.4 Å². The summed E-state index contributed by atoms with van der Waals surface area (Å²) in [5.41, 5.74) is 4.37. The van der Waals surface area contributed by atoms with Crippen LogP contribution in [0.5, 0.6) is 0 Å². The number of rotatable bonds is 12. The number of carbonyl (C=O) groups excluding carboxylic acids is 2. The molecular formula is C43H63ClF6N2O6P2S2. The molecule has 2 heterocycles. The van der Waals surface area contributed by atoms with Crippen LogP contribution < -0.4 is 10.6 Å². The van der Waals surface area contributed by atoms with Crippen molar-refractivity contribution in [3.05, 3.63) is 80.3 Å². The van der Waals surface area contributed by atoms with Gasteiger partial charge in [-0.3, -0.25) is 9.59 Å². The largest absolute Gasteiger partial charge is 0.509 e. The zero-order chi connectivity index (χ0) is 47.4. The smallest absolute Gasteiger partial charge is 0.412 e. The molecule has 0 spiro atoms. The van der Waals surface area contributed by atoms with Crippen LogP contribution in [0, 0.1) is 39.5 Å². The summed E-state index contributed by atoms with van der Waals surface area (Å²) in [4.78, 5) is 25.6. The van der Waals surface area contributed by atoms with Gasteiger partial charge in [0.05, 0.1) is 22.2 Å². The minimum absolute atomic E-state index is 0. The molecular weight excluding hydrogens is 916 g/mol. The maximum atomic E-state index is 13.1. The molecule has 4 atom stereocenters. The number of amides is 2. The molecule has 2 aromatic carbocycles. The van der Waals surface area contributed by atoms with E-state index in [4.69, 9.17) is 32.1 Å². The van der Waals surface area contributed by atoms with E-state index in [1.807, 2.05) is 74.4 Å². The number of hydrogen-bond donors (Lipinski definition) is 3. The van der Waals surface area contributed by atoms with Crippen LogP contribution in [0.15, 0.2) is 35.8 Å². The molecule has 0 bridgehead atoms. The summed E-state index contributed by atoms with van der Waals surface area (Å²) in [6, 6.07) is 8.14. The highest BCUT2D eigenvalue weighted by molar-refractivity contribution is 8.24. The second-order valence-electron chi connectivity index (χ2n) is 16.4. The van der Waals surface area contributed by atoms with Crippen molar-refractivity contribution in [2.45, 2.75) is 127 Å². The lowest BCUT2D eigenvalue weighted by atomic mass is 9.85. The first kappa shape index (κ1) is 57.6. The van der Waals surface area contributed by atoms with Crippen molar-refractivity contribution < 1.29 is 54.6 Å². The SMILES string of the molecule is C.CCc1cc(C)cc(C)c1C1=C(O)C(C)(C(C)C)NC1=O.CCc1cc(C)cc(C)c1C1=C(OP(C)(=S)OCC(F)(F)F)C(C)(C(C)C)NC1=O.CP(=S)(Cl)OCC(F)(F)F. The second kappa shape index (κ2) is 21.7. The van der Waals surface area contributed by atoms with E-state index in [0.29, 0.717) is 17.6 Å². The quantitative estimate of drug-likeness (QED) is 0.143. The van der Waals surface area contributed by atoms with E-state index in [1.54, 1.807) is 6.92 Å². The number of benzene rings is 2. The Balaban J connectivity index is 0.000000520. The Morgan fingerprint density at radius 3 is 1.44 bits per heavy atom. The zero-order valence-electron chi connectivity index (χ0n) is 37.1. The molecule has 352 valence electrons. The number of hydrogen-bond acceptors (Lipinski definition) is 8. The molecule has 2 amide bonds. The van der Waals surface area contributed by atoms with Crippen LogP contribution in [-0.4, -0.2) is 66.9 Å². The van der Waals surface area contributed by atoms with Crippen molar-refractivity contribution in [2.75, 3.05) is 26.5 Å². The number of aryl methyl sites for hydroxylation is 6. The van der Waals surface area contributed by atoms with Gasteiger partial charge in [0.2, 0.25) is 6.49 Å². The fourth-order valence-corrected chi connectivity index (χ4v) is 8.93. The van der Waals surface area contributed by atoms with Crippen LogP contribution in [0.1, 0.15) is 107 Å². The maximum Gasteiger partial charge on any atom is 0.412 e. The van der Waals surface area contributed by atoms with Gasteiger partial charge in [0.1, 0.15) is 23.7 Å². The van der Waals surface area contributed by atoms with E-state index in [-0.39, 0.29) is 42.6 Å². The summed E-state index contributed by atoms with van der Waals surface area (Å²) in [6.07, 6.45) is -7.34. The Morgan fingerprint density at radius 2 is 1.10 bits per heavy atom. The lowest BCUT2D eigenvalue weighted by Gasteiger charge is -2.34. The lowest BCUT2D eigenvalue weighted by molar-refractivity contribution is -0.153. The average Bonchev–Trinajstić information content (AvgIpc) is 3.48. The van der Waals surface area contributed by atoms with Crippen LogP contribution in [0.2, 0.25) is 0 Å². The number of nitrogens with one attached hydrogen (secondary N) is 2. The van der Waals surface area contributed by atoms with Crippen molar-refractivity contribution in [1.29, 1.82) is 0 Å². The van der Waals surface area contributed by atoms with E-state index < -0.39 is 48.8 Å². The normalized spacial score (nSPS) is 21.0. The monoisotopic (exact) mass is 978 g/mol. The third-order valence-electron chi connectivity index (χ3n) is 10.5. The van der Waals surface area contributed by atoms with Crippen LogP contribution in [-0.2, 0) is 59.6 Å². The summed E-state index contributed by atoms with van der Waals surface area (Å²) in [7, 11) is 0. The number of halogens is 7. The predicted octanol–water partition coefficient (Wildman–Crippen LogP) is 12.7. The average molecular weight is 980 g/mol. The van der Waals surface area contributed by atoms with E-state index in [1.165, 1.54) is 18.9 Å². The van der Waals surface area contributed by atoms with Gasteiger partial charge in [-0.1, -0.05) is 107 Å². The van der Waals surface area contributed by atoms with Crippen molar-refractivity contribution in [2.24, 2.45) is 11.8 Å². The molecule has 2 aliphatic rings. The van der Waals surface area contributed by atoms with Gasteiger partial charge in [0.25, 0.3) is 11.8 Å². The summed E-state index contributed by atoms with van der Waals surface area (Å²) in [6.45, 7) is 20.0. The summed E-state index contributed by atoms with van der Waals surface area (Å²) >= 11 is 14.9.